The largest absolute Gasteiger partial charge is 0.360 e. The lowest BCUT2D eigenvalue weighted by atomic mass is 10.1. The second-order valence-corrected chi connectivity index (χ2v) is 4.96. The predicted octanol–water partition coefficient (Wildman–Crippen LogP) is 0.991. The fourth-order valence-electron chi connectivity index (χ4n) is 2.42. The fourth-order valence-corrected chi connectivity index (χ4v) is 2.42. The Morgan fingerprint density at radius 2 is 2.22 bits per heavy atom. The van der Waals surface area contributed by atoms with Gasteiger partial charge in [-0.15, -0.1) is 0 Å². The van der Waals surface area contributed by atoms with Crippen LogP contribution < -0.4 is 10.6 Å². The molecule has 4 heteroatoms. The van der Waals surface area contributed by atoms with E-state index < -0.39 is 0 Å². The molecule has 1 aliphatic rings. The average Bonchev–Trinajstić information content (AvgIpc) is 2.35. The van der Waals surface area contributed by atoms with Crippen molar-refractivity contribution >= 4 is 11.6 Å². The van der Waals surface area contributed by atoms with Crippen molar-refractivity contribution in [3.05, 3.63) is 29.8 Å². The molecule has 0 aliphatic carbocycles. The zero-order chi connectivity index (χ0) is 13.1. The highest BCUT2D eigenvalue weighted by atomic mass is 16.2. The van der Waals surface area contributed by atoms with Gasteiger partial charge in [-0.25, -0.2) is 0 Å². The summed E-state index contributed by atoms with van der Waals surface area (Å²) in [7, 11) is 1.87. The van der Waals surface area contributed by atoms with Crippen LogP contribution in [0.25, 0.3) is 0 Å². The number of anilines is 1. The predicted molar refractivity (Wildman–Crippen MR) is 73.6 cm³/mol. The van der Waals surface area contributed by atoms with Crippen LogP contribution in [0, 0.1) is 6.92 Å². The van der Waals surface area contributed by atoms with Crippen LogP contribution in [-0.2, 0) is 4.79 Å². The van der Waals surface area contributed by atoms with Gasteiger partial charge in [0.15, 0.2) is 0 Å². The molecule has 2 N–H and O–H groups in total. The summed E-state index contributed by atoms with van der Waals surface area (Å²) in [5.41, 5.74) is 7.96. The molecule has 18 heavy (non-hydrogen) atoms. The number of carbonyl (C=O) groups excluding carboxylic acids is 1. The summed E-state index contributed by atoms with van der Waals surface area (Å²) in [6, 6.07) is 8.50. The highest BCUT2D eigenvalue weighted by molar-refractivity contribution is 5.83. The normalized spacial score (nSPS) is 20.4. The Morgan fingerprint density at radius 1 is 1.44 bits per heavy atom. The molecule has 0 spiro atoms. The molecule has 1 aliphatic heterocycles. The molecule has 1 saturated heterocycles. The maximum atomic E-state index is 12.0. The van der Waals surface area contributed by atoms with Gasteiger partial charge in [0.25, 0.3) is 0 Å². The number of nitrogens with two attached hydrogens (primary N) is 1. The van der Waals surface area contributed by atoms with Gasteiger partial charge in [-0.3, -0.25) is 4.79 Å². The van der Waals surface area contributed by atoms with E-state index in [-0.39, 0.29) is 11.9 Å². The fraction of sp³-hybridized carbons (Fsp3) is 0.500. The van der Waals surface area contributed by atoms with E-state index in [9.17, 15) is 4.79 Å². The molecule has 0 saturated carbocycles. The zero-order valence-electron chi connectivity index (χ0n) is 11.1. The first-order valence-corrected chi connectivity index (χ1v) is 6.39. The van der Waals surface area contributed by atoms with Crippen LogP contribution in [0.3, 0.4) is 0 Å². The Kier molecular flexibility index (Phi) is 3.87. The molecule has 1 amide bonds. The summed E-state index contributed by atoms with van der Waals surface area (Å²) in [5, 5.41) is 0. The Labute approximate surface area is 108 Å². The molecule has 1 aromatic rings. The third-order valence-electron chi connectivity index (χ3n) is 3.57. The van der Waals surface area contributed by atoms with E-state index in [1.54, 1.807) is 0 Å². The summed E-state index contributed by atoms with van der Waals surface area (Å²) in [5.74, 6) is 0.168. The number of benzene rings is 1. The summed E-state index contributed by atoms with van der Waals surface area (Å²) < 4.78 is 0. The van der Waals surface area contributed by atoms with Gasteiger partial charge in [0.1, 0.15) is 0 Å². The molecule has 1 unspecified atom stereocenters. The number of carbonyl (C=O) groups is 1. The lowest BCUT2D eigenvalue weighted by Gasteiger charge is -2.40. The van der Waals surface area contributed by atoms with Gasteiger partial charge < -0.3 is 15.5 Å². The van der Waals surface area contributed by atoms with Crippen LogP contribution >= 0.6 is 0 Å². The molecule has 0 radical (unpaired) electrons. The number of aryl methyl sites for hydroxylation is 1. The van der Waals surface area contributed by atoms with E-state index in [0.29, 0.717) is 13.1 Å². The first-order valence-electron chi connectivity index (χ1n) is 6.39. The SMILES string of the molecule is Cc1cccc(N2CC(=O)N(C)C(CCN)C2)c1. The molecular weight excluding hydrogens is 226 g/mol. The number of piperazine rings is 1. The minimum Gasteiger partial charge on any atom is -0.360 e. The van der Waals surface area contributed by atoms with Crippen LogP contribution in [0.1, 0.15) is 12.0 Å². The number of rotatable bonds is 3. The number of hydrogen-bond acceptors (Lipinski definition) is 3. The summed E-state index contributed by atoms with van der Waals surface area (Å²) >= 11 is 0. The van der Waals surface area contributed by atoms with E-state index in [1.807, 2.05) is 18.0 Å². The van der Waals surface area contributed by atoms with Gasteiger partial charge in [-0.1, -0.05) is 12.1 Å². The highest BCUT2D eigenvalue weighted by Gasteiger charge is 2.29. The minimum atomic E-state index is 0.168. The van der Waals surface area contributed by atoms with Crippen LogP contribution in [0.15, 0.2) is 24.3 Å². The Bertz CT molecular complexity index is 433. The maximum absolute atomic E-state index is 12.0. The quantitative estimate of drug-likeness (QED) is 0.866. The standard InChI is InChI=1S/C14H21N3O/c1-11-4-3-5-12(8-11)17-9-13(6-7-15)16(2)14(18)10-17/h3-5,8,13H,6-7,9-10,15H2,1-2H3. The molecule has 1 aromatic carbocycles. The first-order chi connectivity index (χ1) is 8.61. The van der Waals surface area contributed by atoms with Crippen LogP contribution in [-0.4, -0.2) is 43.5 Å². The first kappa shape index (κ1) is 12.9. The molecule has 1 heterocycles. The van der Waals surface area contributed by atoms with Crippen molar-refractivity contribution in [1.29, 1.82) is 0 Å². The van der Waals surface area contributed by atoms with Gasteiger partial charge in [-0.2, -0.15) is 0 Å². The second kappa shape index (κ2) is 5.40. The van der Waals surface area contributed by atoms with Crippen molar-refractivity contribution in [3.63, 3.8) is 0 Å². The van der Waals surface area contributed by atoms with Crippen LogP contribution in [0.2, 0.25) is 0 Å². The lowest BCUT2D eigenvalue weighted by Crippen LogP contribution is -2.55. The van der Waals surface area contributed by atoms with Crippen LogP contribution in [0.4, 0.5) is 5.69 Å². The Balaban J connectivity index is 2.17. The molecule has 98 valence electrons. The second-order valence-electron chi connectivity index (χ2n) is 4.96. The molecule has 0 bridgehead atoms. The van der Waals surface area contributed by atoms with Crippen molar-refractivity contribution in [3.8, 4) is 0 Å². The topological polar surface area (TPSA) is 49.6 Å². The number of amides is 1. The molecule has 1 fully saturated rings. The Hall–Kier alpha value is -1.55. The number of nitrogens with zero attached hydrogens (tertiary/aromatic N) is 2. The number of likely N-dealkylation sites (N-methyl/N-ethyl adjacent to an activating group) is 1. The lowest BCUT2D eigenvalue weighted by molar-refractivity contribution is -0.132. The van der Waals surface area contributed by atoms with E-state index in [1.165, 1.54) is 5.56 Å². The van der Waals surface area contributed by atoms with Crippen molar-refractivity contribution in [2.24, 2.45) is 5.73 Å². The molecular formula is C14H21N3O. The van der Waals surface area contributed by atoms with Gasteiger partial charge >= 0.3 is 0 Å². The third-order valence-corrected chi connectivity index (χ3v) is 3.57. The number of hydrogen-bond donors (Lipinski definition) is 1. The maximum Gasteiger partial charge on any atom is 0.242 e. The summed E-state index contributed by atoms with van der Waals surface area (Å²) in [4.78, 5) is 16.0. The zero-order valence-corrected chi connectivity index (χ0v) is 11.1. The van der Waals surface area contributed by atoms with E-state index in [2.05, 4.69) is 30.0 Å². The van der Waals surface area contributed by atoms with Crippen molar-refractivity contribution in [1.82, 2.24) is 4.90 Å². The van der Waals surface area contributed by atoms with Gasteiger partial charge in [0, 0.05) is 19.3 Å². The third kappa shape index (κ3) is 2.64. The summed E-state index contributed by atoms with van der Waals surface area (Å²) in [6.07, 6.45) is 0.852. The smallest absolute Gasteiger partial charge is 0.242 e. The van der Waals surface area contributed by atoms with E-state index in [4.69, 9.17) is 5.73 Å². The Morgan fingerprint density at radius 3 is 2.89 bits per heavy atom. The van der Waals surface area contributed by atoms with Crippen molar-refractivity contribution in [2.45, 2.75) is 19.4 Å². The van der Waals surface area contributed by atoms with Gasteiger partial charge in [-0.05, 0) is 37.6 Å². The highest BCUT2D eigenvalue weighted by Crippen LogP contribution is 2.21. The van der Waals surface area contributed by atoms with Crippen molar-refractivity contribution in [2.75, 3.05) is 31.6 Å². The van der Waals surface area contributed by atoms with Gasteiger partial charge in [0.2, 0.25) is 5.91 Å². The molecule has 2 rings (SSSR count). The minimum absolute atomic E-state index is 0.168. The van der Waals surface area contributed by atoms with Gasteiger partial charge in [0.05, 0.1) is 12.6 Å². The monoisotopic (exact) mass is 247 g/mol. The average molecular weight is 247 g/mol. The summed E-state index contributed by atoms with van der Waals surface area (Å²) in [6.45, 7) is 4.01. The van der Waals surface area contributed by atoms with Crippen molar-refractivity contribution < 1.29 is 4.79 Å². The van der Waals surface area contributed by atoms with E-state index in [0.717, 1.165) is 18.7 Å². The van der Waals surface area contributed by atoms with E-state index >= 15 is 0 Å². The molecule has 0 aromatic heterocycles. The molecule has 4 nitrogen and oxygen atoms in total. The molecule has 1 atom stereocenters. The van der Waals surface area contributed by atoms with Crippen LogP contribution in [0.5, 0.6) is 0 Å².